The largest absolute Gasteiger partial charge is 0.432 e. The van der Waals surface area contributed by atoms with Gasteiger partial charge < -0.3 is 10.1 Å². The Morgan fingerprint density at radius 2 is 1.95 bits per heavy atom. The van der Waals surface area contributed by atoms with Crippen molar-refractivity contribution < 1.29 is 27.1 Å². The molecule has 21 heavy (non-hydrogen) atoms. The fourth-order valence-corrected chi connectivity index (χ4v) is 1.50. The zero-order valence-corrected chi connectivity index (χ0v) is 10.3. The molecule has 2 aromatic rings. The Labute approximate surface area is 116 Å². The van der Waals surface area contributed by atoms with E-state index in [1.54, 1.807) is 0 Å². The van der Waals surface area contributed by atoms with Crippen molar-refractivity contribution >= 4 is 11.6 Å². The zero-order valence-electron chi connectivity index (χ0n) is 10.3. The van der Waals surface area contributed by atoms with Crippen molar-refractivity contribution in [2.75, 3.05) is 5.32 Å². The van der Waals surface area contributed by atoms with Crippen molar-refractivity contribution in [1.29, 1.82) is 0 Å². The summed E-state index contributed by atoms with van der Waals surface area (Å²) in [4.78, 5) is 15.1. The van der Waals surface area contributed by atoms with E-state index < -0.39 is 30.0 Å². The van der Waals surface area contributed by atoms with Crippen LogP contribution in [0.3, 0.4) is 0 Å². The van der Waals surface area contributed by atoms with Gasteiger partial charge in [-0.15, -0.1) is 0 Å². The molecule has 0 saturated heterocycles. The predicted octanol–water partition coefficient (Wildman–Crippen LogP) is 3.21. The van der Waals surface area contributed by atoms with Gasteiger partial charge in [0, 0.05) is 11.8 Å². The van der Waals surface area contributed by atoms with Gasteiger partial charge >= 0.3 is 6.61 Å². The van der Waals surface area contributed by atoms with E-state index in [1.165, 1.54) is 12.1 Å². The van der Waals surface area contributed by atoms with Crippen LogP contribution < -0.4 is 10.1 Å². The van der Waals surface area contributed by atoms with Gasteiger partial charge in [-0.2, -0.15) is 13.2 Å². The summed E-state index contributed by atoms with van der Waals surface area (Å²) in [6, 6.07) is 6.52. The Kier molecular flexibility index (Phi) is 4.36. The van der Waals surface area contributed by atoms with E-state index >= 15 is 0 Å². The maximum absolute atomic E-state index is 13.4. The van der Waals surface area contributed by atoms with E-state index in [-0.39, 0.29) is 11.4 Å². The van der Waals surface area contributed by atoms with Crippen LogP contribution in [0.1, 0.15) is 10.5 Å². The van der Waals surface area contributed by atoms with Gasteiger partial charge in [-0.25, -0.2) is 9.37 Å². The van der Waals surface area contributed by atoms with E-state index in [1.807, 2.05) is 0 Å². The number of hydrogen-bond donors (Lipinski definition) is 1. The first-order valence-electron chi connectivity index (χ1n) is 5.64. The summed E-state index contributed by atoms with van der Waals surface area (Å²) in [6.07, 6.45) is 0. The molecule has 0 aliphatic carbocycles. The third kappa shape index (κ3) is 3.91. The third-order valence-electron chi connectivity index (χ3n) is 2.35. The number of nitrogens with zero attached hydrogens (tertiary/aromatic N) is 1. The highest BCUT2D eigenvalue weighted by atomic mass is 19.3. The SMILES string of the molecule is O=C(Nc1ccc(OC(F)F)c(F)c1)c1cccc(F)n1. The van der Waals surface area contributed by atoms with Crippen molar-refractivity contribution in [3.63, 3.8) is 0 Å². The van der Waals surface area contributed by atoms with Crippen molar-refractivity contribution in [3.05, 3.63) is 53.9 Å². The number of hydrogen-bond acceptors (Lipinski definition) is 3. The van der Waals surface area contributed by atoms with Crippen LogP contribution in [-0.2, 0) is 0 Å². The van der Waals surface area contributed by atoms with Crippen molar-refractivity contribution in [1.82, 2.24) is 4.98 Å². The molecule has 0 aliphatic rings. The Morgan fingerprint density at radius 3 is 2.57 bits per heavy atom. The highest BCUT2D eigenvalue weighted by molar-refractivity contribution is 6.02. The normalized spacial score (nSPS) is 10.5. The Balaban J connectivity index is 2.13. The lowest BCUT2D eigenvalue weighted by Gasteiger charge is -2.08. The van der Waals surface area contributed by atoms with Crippen LogP contribution in [0.5, 0.6) is 5.75 Å². The molecule has 0 radical (unpaired) electrons. The monoisotopic (exact) mass is 300 g/mol. The van der Waals surface area contributed by atoms with Gasteiger partial charge in [0.15, 0.2) is 11.6 Å². The molecule has 0 atom stereocenters. The molecular weight excluding hydrogens is 292 g/mol. The summed E-state index contributed by atoms with van der Waals surface area (Å²) >= 11 is 0. The fourth-order valence-electron chi connectivity index (χ4n) is 1.50. The Bertz CT molecular complexity index is 664. The second-order valence-electron chi connectivity index (χ2n) is 3.82. The number of carbonyl (C=O) groups is 1. The number of carbonyl (C=O) groups excluding carboxylic acids is 1. The number of alkyl halides is 2. The molecule has 0 unspecified atom stereocenters. The molecule has 1 aromatic carbocycles. The number of ether oxygens (including phenoxy) is 1. The highest BCUT2D eigenvalue weighted by Gasteiger charge is 2.13. The number of nitrogens with one attached hydrogen (secondary N) is 1. The average molecular weight is 300 g/mol. The second-order valence-corrected chi connectivity index (χ2v) is 3.82. The maximum atomic E-state index is 13.4. The smallest absolute Gasteiger partial charge is 0.387 e. The highest BCUT2D eigenvalue weighted by Crippen LogP contribution is 2.23. The lowest BCUT2D eigenvalue weighted by atomic mass is 10.2. The topological polar surface area (TPSA) is 51.2 Å². The summed E-state index contributed by atoms with van der Waals surface area (Å²) < 4.78 is 54.2. The molecule has 0 saturated carbocycles. The number of benzene rings is 1. The van der Waals surface area contributed by atoms with Crippen molar-refractivity contribution in [3.8, 4) is 5.75 Å². The van der Waals surface area contributed by atoms with Crippen LogP contribution in [0.2, 0.25) is 0 Å². The summed E-state index contributed by atoms with van der Waals surface area (Å²) in [5, 5.41) is 2.26. The molecule has 1 amide bonds. The number of rotatable bonds is 4. The Hall–Kier alpha value is -2.64. The molecule has 0 bridgehead atoms. The lowest BCUT2D eigenvalue weighted by Crippen LogP contribution is -2.14. The van der Waals surface area contributed by atoms with Gasteiger partial charge in [0.2, 0.25) is 5.95 Å². The van der Waals surface area contributed by atoms with E-state index in [0.717, 1.165) is 24.3 Å². The quantitative estimate of drug-likeness (QED) is 0.697. The minimum atomic E-state index is -3.16. The second kappa shape index (κ2) is 6.21. The van der Waals surface area contributed by atoms with Crippen LogP contribution in [0.15, 0.2) is 36.4 Å². The van der Waals surface area contributed by atoms with E-state index in [9.17, 15) is 22.4 Å². The average Bonchev–Trinajstić information content (AvgIpc) is 2.41. The molecule has 0 aliphatic heterocycles. The number of anilines is 1. The zero-order chi connectivity index (χ0) is 15.4. The van der Waals surface area contributed by atoms with Gasteiger partial charge in [-0.1, -0.05) is 6.07 Å². The molecule has 110 valence electrons. The first kappa shape index (κ1) is 14.8. The first-order chi connectivity index (χ1) is 9.95. The van der Waals surface area contributed by atoms with E-state index in [2.05, 4.69) is 15.0 Å². The number of halogens is 4. The van der Waals surface area contributed by atoms with Gasteiger partial charge in [0.1, 0.15) is 5.69 Å². The van der Waals surface area contributed by atoms with Crippen LogP contribution in [0.25, 0.3) is 0 Å². The van der Waals surface area contributed by atoms with Crippen LogP contribution in [-0.4, -0.2) is 17.5 Å². The van der Waals surface area contributed by atoms with Crippen LogP contribution in [0.4, 0.5) is 23.2 Å². The number of amides is 1. The van der Waals surface area contributed by atoms with E-state index in [4.69, 9.17) is 0 Å². The third-order valence-corrected chi connectivity index (χ3v) is 2.35. The number of pyridine rings is 1. The fraction of sp³-hybridized carbons (Fsp3) is 0.0769. The molecule has 8 heteroatoms. The molecule has 4 nitrogen and oxygen atoms in total. The van der Waals surface area contributed by atoms with Crippen molar-refractivity contribution in [2.45, 2.75) is 6.61 Å². The summed E-state index contributed by atoms with van der Waals surface area (Å²) in [7, 11) is 0. The number of aromatic nitrogens is 1. The minimum Gasteiger partial charge on any atom is -0.432 e. The summed E-state index contributed by atoms with van der Waals surface area (Å²) in [5.41, 5.74) is -0.214. The molecule has 0 spiro atoms. The van der Waals surface area contributed by atoms with Gasteiger partial charge in [-0.05, 0) is 24.3 Å². The predicted molar refractivity (Wildman–Crippen MR) is 65.2 cm³/mol. The van der Waals surface area contributed by atoms with E-state index in [0.29, 0.717) is 0 Å². The minimum absolute atomic E-state index is 0.00909. The molecule has 1 N–H and O–H groups in total. The van der Waals surface area contributed by atoms with Gasteiger partial charge in [0.05, 0.1) is 0 Å². The molecule has 1 aromatic heterocycles. The molecule has 0 fully saturated rings. The van der Waals surface area contributed by atoms with Crippen molar-refractivity contribution in [2.24, 2.45) is 0 Å². The first-order valence-corrected chi connectivity index (χ1v) is 5.64. The molecule has 2 rings (SSSR count). The standard InChI is InChI=1S/C13H8F4N2O2/c14-8-6-7(4-5-10(8)21-13(16)17)18-12(20)9-2-1-3-11(15)19-9/h1-6,13H,(H,18,20). The van der Waals surface area contributed by atoms with Gasteiger partial charge in [0.25, 0.3) is 5.91 Å². The maximum Gasteiger partial charge on any atom is 0.387 e. The van der Waals surface area contributed by atoms with Gasteiger partial charge in [-0.3, -0.25) is 4.79 Å². The van der Waals surface area contributed by atoms with Crippen LogP contribution >= 0.6 is 0 Å². The summed E-state index contributed by atoms with van der Waals surface area (Å²) in [6.45, 7) is -3.16. The molecule has 1 heterocycles. The molecular formula is C13H8F4N2O2. The van der Waals surface area contributed by atoms with Crippen LogP contribution in [0, 0.1) is 11.8 Å². The summed E-state index contributed by atoms with van der Waals surface area (Å²) in [5.74, 6) is -3.32. The Morgan fingerprint density at radius 1 is 1.19 bits per heavy atom. The lowest BCUT2D eigenvalue weighted by molar-refractivity contribution is -0.0521.